The molecule has 0 radical (unpaired) electrons. The second kappa shape index (κ2) is 20.2. The third kappa shape index (κ3) is 13.3. The van der Waals surface area contributed by atoms with Crippen molar-refractivity contribution in [2.24, 2.45) is 0 Å². The van der Waals surface area contributed by atoms with Gasteiger partial charge in [-0.15, -0.1) is 13.2 Å². The molecule has 4 unspecified atom stereocenters. The highest BCUT2D eigenvalue weighted by Gasteiger charge is 2.26. The van der Waals surface area contributed by atoms with Crippen LogP contribution in [0.15, 0.2) is 61.7 Å². The maximum Gasteiger partial charge on any atom is 0.161 e. The van der Waals surface area contributed by atoms with E-state index in [0.29, 0.717) is 75.9 Å². The van der Waals surface area contributed by atoms with Crippen LogP contribution in [0.3, 0.4) is 0 Å². The summed E-state index contributed by atoms with van der Waals surface area (Å²) in [5, 5.41) is 0. The van der Waals surface area contributed by atoms with Gasteiger partial charge in [-0.05, 0) is 61.1 Å². The minimum absolute atomic E-state index is 0.160. The molecule has 2 aliphatic heterocycles. The molecule has 254 valence electrons. The molecule has 2 fully saturated rings. The Labute approximate surface area is 273 Å². The molecule has 0 aromatic heterocycles. The third-order valence-corrected chi connectivity index (χ3v) is 7.34. The molecule has 0 saturated carbocycles. The molecular weight excluding hydrogens is 592 g/mol. The molecule has 0 N–H and O–H groups in total. The van der Waals surface area contributed by atoms with Gasteiger partial charge in [-0.1, -0.05) is 24.3 Å². The molecule has 0 amide bonds. The second-order valence-electron chi connectivity index (χ2n) is 11.3. The zero-order chi connectivity index (χ0) is 32.4. The monoisotopic (exact) mass is 642 g/mol. The van der Waals surface area contributed by atoms with Crippen LogP contribution in [0.1, 0.15) is 24.0 Å². The number of hydrogen-bond acceptors (Lipinski definition) is 10. The van der Waals surface area contributed by atoms with Gasteiger partial charge in [0.25, 0.3) is 0 Å². The average molecular weight is 643 g/mol. The molecular formula is C36H50O10. The molecule has 2 aliphatic rings. The molecule has 0 spiro atoms. The molecule has 2 aromatic rings. The first kappa shape index (κ1) is 35.7. The lowest BCUT2D eigenvalue weighted by atomic mass is 10.1. The number of rotatable bonds is 27. The predicted octanol–water partition coefficient (Wildman–Crippen LogP) is 5.00. The predicted molar refractivity (Wildman–Crippen MR) is 175 cm³/mol. The summed E-state index contributed by atoms with van der Waals surface area (Å²) < 4.78 is 57.7. The van der Waals surface area contributed by atoms with Crippen LogP contribution in [0.5, 0.6) is 23.0 Å². The van der Waals surface area contributed by atoms with Crippen molar-refractivity contribution in [3.63, 3.8) is 0 Å². The van der Waals surface area contributed by atoms with Crippen LogP contribution in [0.2, 0.25) is 0 Å². The summed E-state index contributed by atoms with van der Waals surface area (Å²) >= 11 is 0. The van der Waals surface area contributed by atoms with Crippen molar-refractivity contribution in [2.45, 2.75) is 50.1 Å². The number of ether oxygens (including phenoxy) is 10. The summed E-state index contributed by atoms with van der Waals surface area (Å²) in [4.78, 5) is 0. The highest BCUT2D eigenvalue weighted by Crippen LogP contribution is 2.30. The van der Waals surface area contributed by atoms with Crippen molar-refractivity contribution < 1.29 is 47.4 Å². The second-order valence-corrected chi connectivity index (χ2v) is 11.3. The van der Waals surface area contributed by atoms with Crippen LogP contribution < -0.4 is 18.9 Å². The van der Waals surface area contributed by atoms with Crippen LogP contribution in [0, 0.1) is 0 Å². The Morgan fingerprint density at radius 1 is 0.674 bits per heavy atom. The normalized spacial score (nSPS) is 18.0. The smallest absolute Gasteiger partial charge is 0.161 e. The van der Waals surface area contributed by atoms with Gasteiger partial charge in [-0.2, -0.15) is 0 Å². The largest absolute Gasteiger partial charge is 0.493 e. The fourth-order valence-electron chi connectivity index (χ4n) is 4.56. The van der Waals surface area contributed by atoms with Gasteiger partial charge in [0.1, 0.15) is 37.6 Å². The van der Waals surface area contributed by atoms with Crippen molar-refractivity contribution in [1.82, 2.24) is 0 Å². The molecule has 2 heterocycles. The van der Waals surface area contributed by atoms with Gasteiger partial charge in [0, 0.05) is 13.2 Å². The van der Waals surface area contributed by atoms with E-state index in [-0.39, 0.29) is 24.4 Å². The molecule has 10 nitrogen and oxygen atoms in total. The van der Waals surface area contributed by atoms with Crippen LogP contribution in [0.4, 0.5) is 0 Å². The summed E-state index contributed by atoms with van der Waals surface area (Å²) in [6, 6.07) is 11.8. The Morgan fingerprint density at radius 3 is 1.48 bits per heavy atom. The van der Waals surface area contributed by atoms with Crippen LogP contribution in [-0.2, 0) is 41.3 Å². The first-order valence-corrected chi connectivity index (χ1v) is 16.0. The number of methoxy groups -OCH3 is 2. The number of unbranched alkanes of at least 4 members (excludes halogenated alkanes) is 1. The van der Waals surface area contributed by atoms with E-state index in [0.717, 1.165) is 50.0 Å². The Hall–Kier alpha value is -3.12. The summed E-state index contributed by atoms with van der Waals surface area (Å²) in [6.45, 7) is 12.8. The minimum atomic E-state index is -0.233. The molecule has 46 heavy (non-hydrogen) atoms. The molecule has 0 aliphatic carbocycles. The van der Waals surface area contributed by atoms with Crippen LogP contribution >= 0.6 is 0 Å². The molecule has 0 bridgehead atoms. The van der Waals surface area contributed by atoms with E-state index in [4.69, 9.17) is 47.4 Å². The van der Waals surface area contributed by atoms with Gasteiger partial charge in [0.05, 0.1) is 53.9 Å². The van der Waals surface area contributed by atoms with Crippen molar-refractivity contribution in [3.8, 4) is 23.0 Å². The van der Waals surface area contributed by atoms with Crippen molar-refractivity contribution in [1.29, 1.82) is 0 Å². The van der Waals surface area contributed by atoms with Gasteiger partial charge in [0.15, 0.2) is 23.0 Å². The Balaban J connectivity index is 1.13. The highest BCUT2D eigenvalue weighted by atomic mass is 16.6. The molecule has 2 saturated heterocycles. The number of epoxide rings is 2. The molecule has 4 atom stereocenters. The SMILES string of the molecule is C=CCc1ccc(OCC(COCCCCOCC(COc2ccc(CC=C)cc2OC)OCC2CO2)OCC2CO2)c(OC)c1. The lowest BCUT2D eigenvalue weighted by Crippen LogP contribution is -2.29. The molecule has 2 aromatic carbocycles. The van der Waals surface area contributed by atoms with Crippen molar-refractivity contribution in [3.05, 3.63) is 72.8 Å². The van der Waals surface area contributed by atoms with E-state index in [2.05, 4.69) is 13.2 Å². The first-order valence-electron chi connectivity index (χ1n) is 16.0. The van der Waals surface area contributed by atoms with Crippen molar-refractivity contribution in [2.75, 3.05) is 80.3 Å². The molecule has 4 rings (SSSR count). The zero-order valence-electron chi connectivity index (χ0n) is 27.3. The zero-order valence-corrected chi connectivity index (χ0v) is 27.3. The Kier molecular flexibility index (Phi) is 15.7. The van der Waals surface area contributed by atoms with E-state index in [9.17, 15) is 0 Å². The van der Waals surface area contributed by atoms with E-state index in [1.165, 1.54) is 0 Å². The van der Waals surface area contributed by atoms with E-state index < -0.39 is 0 Å². The van der Waals surface area contributed by atoms with E-state index >= 15 is 0 Å². The summed E-state index contributed by atoms with van der Waals surface area (Å²) in [5.41, 5.74) is 2.22. The van der Waals surface area contributed by atoms with Gasteiger partial charge in [-0.25, -0.2) is 0 Å². The average Bonchev–Trinajstić information content (AvgIpc) is 4.01. The Bertz CT molecular complexity index is 1090. The topological polar surface area (TPSA) is 98.9 Å². The maximum atomic E-state index is 6.07. The quantitative estimate of drug-likeness (QED) is 0.0752. The number of allylic oxidation sites excluding steroid dienone is 2. The number of benzene rings is 2. The Morgan fingerprint density at radius 2 is 1.11 bits per heavy atom. The van der Waals surface area contributed by atoms with E-state index in [1.807, 2.05) is 48.6 Å². The van der Waals surface area contributed by atoms with E-state index in [1.54, 1.807) is 14.2 Å². The standard InChI is InChI=1S/C36H50O10/c1-5-9-27-11-13-33(35(17-27)37-3)45-25-29(41-21-31-23-43-31)19-39-15-7-8-16-40-20-30(42-22-32-24-44-32)26-46-34-14-12-28(10-6-2)18-36(34)38-4/h5-6,11-14,17-18,29-32H,1-2,7-10,15-16,19-26H2,3-4H3. The van der Waals surface area contributed by atoms with Gasteiger partial charge >= 0.3 is 0 Å². The number of hydrogen-bond donors (Lipinski definition) is 0. The summed E-state index contributed by atoms with van der Waals surface area (Å²) in [5.74, 6) is 2.70. The summed E-state index contributed by atoms with van der Waals surface area (Å²) in [7, 11) is 3.27. The van der Waals surface area contributed by atoms with Crippen molar-refractivity contribution >= 4 is 0 Å². The molecule has 10 heteroatoms. The van der Waals surface area contributed by atoms with Crippen LogP contribution in [0.25, 0.3) is 0 Å². The van der Waals surface area contributed by atoms with Gasteiger partial charge in [0.2, 0.25) is 0 Å². The van der Waals surface area contributed by atoms with Crippen LogP contribution in [-0.4, -0.2) is 105 Å². The fraction of sp³-hybridized carbons (Fsp3) is 0.556. The third-order valence-electron chi connectivity index (χ3n) is 7.34. The van der Waals surface area contributed by atoms with Gasteiger partial charge < -0.3 is 47.4 Å². The lowest BCUT2D eigenvalue weighted by molar-refractivity contribution is -0.0480. The first-order chi connectivity index (χ1) is 22.6. The maximum absolute atomic E-state index is 6.07. The lowest BCUT2D eigenvalue weighted by Gasteiger charge is -2.20. The minimum Gasteiger partial charge on any atom is -0.493 e. The summed E-state index contributed by atoms with van der Waals surface area (Å²) in [6.07, 6.45) is 6.81. The van der Waals surface area contributed by atoms with Gasteiger partial charge in [-0.3, -0.25) is 0 Å². The fourth-order valence-corrected chi connectivity index (χ4v) is 4.56. The highest BCUT2D eigenvalue weighted by molar-refractivity contribution is 5.44.